The molecule has 138 valence electrons. The molecule has 0 saturated heterocycles. The van der Waals surface area contributed by atoms with Gasteiger partial charge in [0.25, 0.3) is 5.91 Å². The van der Waals surface area contributed by atoms with Crippen molar-refractivity contribution < 1.29 is 23.0 Å². The number of anilines is 1. The van der Waals surface area contributed by atoms with Crippen LogP contribution in [0.2, 0.25) is 0 Å². The Balaban J connectivity index is 1.47. The smallest absolute Gasteiger partial charge is 0.262 e. The van der Waals surface area contributed by atoms with Crippen molar-refractivity contribution in [3.8, 4) is 11.5 Å². The van der Waals surface area contributed by atoms with Gasteiger partial charge in [-0.05, 0) is 42.0 Å². The van der Waals surface area contributed by atoms with E-state index < -0.39 is 17.5 Å². The second-order valence-corrected chi connectivity index (χ2v) is 5.71. The van der Waals surface area contributed by atoms with Crippen molar-refractivity contribution in [2.75, 3.05) is 11.9 Å². The number of halogens is 2. The van der Waals surface area contributed by atoms with E-state index >= 15 is 0 Å². The highest BCUT2D eigenvalue weighted by atomic mass is 19.2. The molecule has 1 N–H and O–H groups in total. The van der Waals surface area contributed by atoms with Gasteiger partial charge in [0.15, 0.2) is 18.2 Å². The second-order valence-electron chi connectivity index (χ2n) is 5.71. The van der Waals surface area contributed by atoms with Gasteiger partial charge in [0, 0.05) is 11.8 Å². The predicted octanol–water partition coefficient (Wildman–Crippen LogP) is 4.56. The summed E-state index contributed by atoms with van der Waals surface area (Å²) in [5, 5.41) is 2.65. The third-order valence-electron chi connectivity index (χ3n) is 3.65. The summed E-state index contributed by atoms with van der Waals surface area (Å²) in [4.78, 5) is 11.9. The molecular formula is C21H17F2NO3. The third kappa shape index (κ3) is 5.54. The van der Waals surface area contributed by atoms with Gasteiger partial charge in [0.2, 0.25) is 0 Å². The van der Waals surface area contributed by atoms with Crippen LogP contribution in [0.25, 0.3) is 0 Å². The molecular weight excluding hydrogens is 352 g/mol. The first-order valence-electron chi connectivity index (χ1n) is 8.24. The van der Waals surface area contributed by atoms with Crippen molar-refractivity contribution in [1.29, 1.82) is 0 Å². The second kappa shape index (κ2) is 8.80. The Labute approximate surface area is 155 Å². The van der Waals surface area contributed by atoms with Crippen molar-refractivity contribution in [2.24, 2.45) is 0 Å². The average molecular weight is 369 g/mol. The molecule has 1 amide bonds. The molecule has 0 aliphatic carbocycles. The zero-order valence-corrected chi connectivity index (χ0v) is 14.3. The van der Waals surface area contributed by atoms with Gasteiger partial charge in [-0.1, -0.05) is 30.3 Å². The number of nitrogens with one attached hydrogen (secondary N) is 1. The van der Waals surface area contributed by atoms with E-state index in [0.717, 1.165) is 17.7 Å². The lowest BCUT2D eigenvalue weighted by molar-refractivity contribution is -0.118. The Morgan fingerprint density at radius 1 is 0.815 bits per heavy atom. The maximum atomic E-state index is 13.1. The first-order chi connectivity index (χ1) is 13.1. The van der Waals surface area contributed by atoms with Crippen LogP contribution in [0, 0.1) is 11.6 Å². The van der Waals surface area contributed by atoms with Crippen LogP contribution in [-0.4, -0.2) is 12.5 Å². The minimum atomic E-state index is -1.03. The number of carbonyl (C=O) groups is 1. The van der Waals surface area contributed by atoms with E-state index in [0.29, 0.717) is 18.0 Å². The van der Waals surface area contributed by atoms with Gasteiger partial charge in [0.05, 0.1) is 0 Å². The number of carbonyl (C=O) groups excluding carboxylic acids is 1. The highest BCUT2D eigenvalue weighted by Crippen LogP contribution is 2.18. The maximum absolute atomic E-state index is 13.1. The highest BCUT2D eigenvalue weighted by Gasteiger charge is 2.07. The lowest BCUT2D eigenvalue weighted by atomic mass is 10.2. The van der Waals surface area contributed by atoms with E-state index in [2.05, 4.69) is 5.32 Å². The molecule has 0 aliphatic rings. The molecule has 0 saturated carbocycles. The van der Waals surface area contributed by atoms with Crippen LogP contribution in [0.15, 0.2) is 72.8 Å². The van der Waals surface area contributed by atoms with E-state index in [1.165, 1.54) is 6.07 Å². The normalized spacial score (nSPS) is 10.3. The van der Waals surface area contributed by atoms with E-state index in [4.69, 9.17) is 9.47 Å². The summed E-state index contributed by atoms with van der Waals surface area (Å²) in [7, 11) is 0. The molecule has 0 aromatic heterocycles. The zero-order valence-electron chi connectivity index (χ0n) is 14.3. The Bertz CT molecular complexity index is 899. The van der Waals surface area contributed by atoms with Gasteiger partial charge in [-0.3, -0.25) is 4.79 Å². The highest BCUT2D eigenvalue weighted by molar-refractivity contribution is 5.91. The Hall–Kier alpha value is -3.41. The molecule has 3 aromatic carbocycles. The van der Waals surface area contributed by atoms with Crippen LogP contribution < -0.4 is 14.8 Å². The number of amides is 1. The molecule has 4 nitrogen and oxygen atoms in total. The van der Waals surface area contributed by atoms with E-state index in [-0.39, 0.29) is 12.4 Å². The molecule has 6 heteroatoms. The molecule has 0 heterocycles. The van der Waals surface area contributed by atoms with Gasteiger partial charge in [-0.2, -0.15) is 0 Å². The molecule has 0 atom stereocenters. The van der Waals surface area contributed by atoms with Gasteiger partial charge < -0.3 is 14.8 Å². The summed E-state index contributed by atoms with van der Waals surface area (Å²) in [6.07, 6.45) is 0. The lowest BCUT2D eigenvalue weighted by Crippen LogP contribution is -2.20. The van der Waals surface area contributed by atoms with Gasteiger partial charge in [0.1, 0.15) is 18.1 Å². The molecule has 0 aliphatic heterocycles. The first-order valence-corrected chi connectivity index (χ1v) is 8.24. The Kier molecular flexibility index (Phi) is 5.99. The van der Waals surface area contributed by atoms with Crippen molar-refractivity contribution in [2.45, 2.75) is 6.61 Å². The summed E-state index contributed by atoms with van der Waals surface area (Å²) in [6, 6.07) is 19.8. The molecule has 3 aromatic rings. The molecule has 0 fully saturated rings. The topological polar surface area (TPSA) is 47.6 Å². The fourth-order valence-electron chi connectivity index (χ4n) is 2.29. The molecule has 0 unspecified atom stereocenters. The standard InChI is InChI=1S/C21H17F2NO3/c22-19-11-10-18(12-20(19)23)27-14-21(25)24-16-6-8-17(9-7-16)26-13-15-4-2-1-3-5-15/h1-12H,13-14H2,(H,24,25). The summed E-state index contributed by atoms with van der Waals surface area (Å²) >= 11 is 0. The van der Waals surface area contributed by atoms with Crippen molar-refractivity contribution in [1.82, 2.24) is 0 Å². The quantitative estimate of drug-likeness (QED) is 0.664. The molecule has 0 spiro atoms. The van der Waals surface area contributed by atoms with Crippen LogP contribution in [0.4, 0.5) is 14.5 Å². The Morgan fingerprint density at radius 2 is 1.52 bits per heavy atom. The predicted molar refractivity (Wildman–Crippen MR) is 97.7 cm³/mol. The number of benzene rings is 3. The van der Waals surface area contributed by atoms with Gasteiger partial charge in [-0.25, -0.2) is 8.78 Å². The molecule has 3 rings (SSSR count). The van der Waals surface area contributed by atoms with Crippen LogP contribution >= 0.6 is 0 Å². The number of hydrogen-bond acceptors (Lipinski definition) is 3. The maximum Gasteiger partial charge on any atom is 0.262 e. The summed E-state index contributed by atoms with van der Waals surface area (Å²) < 4.78 is 36.8. The molecule has 0 bridgehead atoms. The van der Waals surface area contributed by atoms with Crippen LogP contribution in [0.5, 0.6) is 11.5 Å². The number of hydrogen-bond donors (Lipinski definition) is 1. The SMILES string of the molecule is O=C(COc1ccc(F)c(F)c1)Nc1ccc(OCc2ccccc2)cc1. The van der Waals surface area contributed by atoms with Crippen LogP contribution in [0.3, 0.4) is 0 Å². The van der Waals surface area contributed by atoms with Crippen molar-refractivity contribution in [3.63, 3.8) is 0 Å². The largest absolute Gasteiger partial charge is 0.489 e. The minimum absolute atomic E-state index is 0.0775. The van der Waals surface area contributed by atoms with Crippen LogP contribution in [0.1, 0.15) is 5.56 Å². The fraction of sp³-hybridized carbons (Fsp3) is 0.0952. The lowest BCUT2D eigenvalue weighted by Gasteiger charge is -2.09. The first kappa shape index (κ1) is 18.4. The summed E-state index contributed by atoms with van der Waals surface area (Å²) in [5.74, 6) is -1.67. The fourth-order valence-corrected chi connectivity index (χ4v) is 2.29. The monoisotopic (exact) mass is 369 g/mol. The number of rotatable bonds is 7. The van der Waals surface area contributed by atoms with Crippen molar-refractivity contribution in [3.05, 3.63) is 90.0 Å². The summed E-state index contributed by atoms with van der Waals surface area (Å²) in [6.45, 7) is 0.131. The van der Waals surface area contributed by atoms with Crippen molar-refractivity contribution >= 4 is 11.6 Å². The average Bonchev–Trinajstić information content (AvgIpc) is 2.69. The van der Waals surface area contributed by atoms with Gasteiger partial charge >= 0.3 is 0 Å². The minimum Gasteiger partial charge on any atom is -0.489 e. The van der Waals surface area contributed by atoms with E-state index in [9.17, 15) is 13.6 Å². The van der Waals surface area contributed by atoms with Crippen LogP contribution in [-0.2, 0) is 11.4 Å². The third-order valence-corrected chi connectivity index (χ3v) is 3.65. The number of ether oxygens (including phenoxy) is 2. The molecule has 27 heavy (non-hydrogen) atoms. The molecule has 0 radical (unpaired) electrons. The zero-order chi connectivity index (χ0) is 19.1. The van der Waals surface area contributed by atoms with E-state index in [1.807, 2.05) is 30.3 Å². The van der Waals surface area contributed by atoms with Gasteiger partial charge in [-0.15, -0.1) is 0 Å². The Morgan fingerprint density at radius 3 is 2.22 bits per heavy atom. The summed E-state index contributed by atoms with van der Waals surface area (Å²) in [5.41, 5.74) is 1.63. The van der Waals surface area contributed by atoms with E-state index in [1.54, 1.807) is 24.3 Å².